The highest BCUT2D eigenvalue weighted by atomic mass is 16.4. The first-order chi connectivity index (χ1) is 8.60. The van der Waals surface area contributed by atoms with E-state index in [0.29, 0.717) is 12.0 Å². The standard InChI is InChI=1S/C16H24O3/c1-6-13(14(17)18)16(5,19)12-9-7-11(8-10-12)15(2,3)4/h7-10,13,19H,6H2,1-5H3,(H,17,18). The molecule has 0 aromatic heterocycles. The predicted octanol–water partition coefficient (Wildman–Crippen LogP) is 3.30. The first-order valence-corrected chi connectivity index (χ1v) is 6.67. The third-order valence-corrected chi connectivity index (χ3v) is 3.72. The van der Waals surface area contributed by atoms with Crippen molar-refractivity contribution < 1.29 is 15.0 Å². The molecular weight excluding hydrogens is 240 g/mol. The molecule has 3 nitrogen and oxygen atoms in total. The first kappa shape index (κ1) is 15.7. The van der Waals surface area contributed by atoms with Crippen LogP contribution < -0.4 is 0 Å². The maximum absolute atomic E-state index is 11.2. The predicted molar refractivity (Wildman–Crippen MR) is 76.1 cm³/mol. The number of aliphatic carboxylic acids is 1. The summed E-state index contributed by atoms with van der Waals surface area (Å²) in [4.78, 5) is 11.2. The van der Waals surface area contributed by atoms with Crippen molar-refractivity contribution in [3.63, 3.8) is 0 Å². The molecule has 2 unspecified atom stereocenters. The summed E-state index contributed by atoms with van der Waals surface area (Å²) in [6.07, 6.45) is 0.392. The van der Waals surface area contributed by atoms with E-state index in [4.69, 9.17) is 0 Å². The van der Waals surface area contributed by atoms with E-state index in [1.165, 1.54) is 0 Å². The van der Waals surface area contributed by atoms with Gasteiger partial charge in [-0.1, -0.05) is 52.0 Å². The Kier molecular flexibility index (Phi) is 4.41. The Hall–Kier alpha value is -1.35. The lowest BCUT2D eigenvalue weighted by atomic mass is 9.79. The van der Waals surface area contributed by atoms with E-state index in [1.807, 2.05) is 24.3 Å². The van der Waals surface area contributed by atoms with Crippen molar-refractivity contribution in [2.75, 3.05) is 0 Å². The molecule has 106 valence electrons. The van der Waals surface area contributed by atoms with E-state index in [2.05, 4.69) is 20.8 Å². The van der Waals surface area contributed by atoms with Crippen LogP contribution in [-0.2, 0) is 15.8 Å². The molecule has 0 fully saturated rings. The van der Waals surface area contributed by atoms with Crippen LogP contribution in [0.5, 0.6) is 0 Å². The molecule has 0 radical (unpaired) electrons. The Morgan fingerprint density at radius 3 is 1.84 bits per heavy atom. The van der Waals surface area contributed by atoms with Gasteiger partial charge >= 0.3 is 5.97 Å². The van der Waals surface area contributed by atoms with E-state index in [9.17, 15) is 15.0 Å². The van der Waals surface area contributed by atoms with Crippen LogP contribution in [0.1, 0.15) is 52.2 Å². The number of hydrogen-bond donors (Lipinski definition) is 2. The van der Waals surface area contributed by atoms with Crippen LogP contribution in [0.4, 0.5) is 0 Å². The highest BCUT2D eigenvalue weighted by Gasteiger charge is 2.37. The van der Waals surface area contributed by atoms with Crippen molar-refractivity contribution >= 4 is 5.97 Å². The van der Waals surface area contributed by atoms with Gasteiger partial charge in [-0.15, -0.1) is 0 Å². The van der Waals surface area contributed by atoms with Crippen LogP contribution in [0, 0.1) is 5.92 Å². The van der Waals surface area contributed by atoms with E-state index < -0.39 is 17.5 Å². The van der Waals surface area contributed by atoms with Gasteiger partial charge in [0.1, 0.15) is 5.60 Å². The molecule has 0 saturated carbocycles. The fourth-order valence-corrected chi connectivity index (χ4v) is 2.32. The van der Waals surface area contributed by atoms with E-state index in [1.54, 1.807) is 13.8 Å². The highest BCUT2D eigenvalue weighted by Crippen LogP contribution is 2.33. The molecule has 0 bridgehead atoms. The van der Waals surface area contributed by atoms with Gasteiger partial charge in [-0.05, 0) is 29.9 Å². The summed E-state index contributed by atoms with van der Waals surface area (Å²) in [5, 5.41) is 19.7. The number of carbonyl (C=O) groups is 1. The molecular formula is C16H24O3. The smallest absolute Gasteiger partial charge is 0.309 e. The molecule has 19 heavy (non-hydrogen) atoms. The van der Waals surface area contributed by atoms with Crippen LogP contribution in [0.15, 0.2) is 24.3 Å². The summed E-state index contributed by atoms with van der Waals surface area (Å²) < 4.78 is 0. The van der Waals surface area contributed by atoms with Crippen LogP contribution in [0.25, 0.3) is 0 Å². The molecule has 1 rings (SSSR count). The molecule has 2 N–H and O–H groups in total. The SMILES string of the molecule is CCC(C(=O)O)C(C)(O)c1ccc(C(C)(C)C)cc1. The van der Waals surface area contributed by atoms with Gasteiger partial charge in [0, 0.05) is 0 Å². The molecule has 0 amide bonds. The van der Waals surface area contributed by atoms with Crippen molar-refractivity contribution in [1.82, 2.24) is 0 Å². The Balaban J connectivity index is 3.12. The van der Waals surface area contributed by atoms with Gasteiger partial charge in [-0.2, -0.15) is 0 Å². The second-order valence-corrected chi connectivity index (χ2v) is 6.27. The highest BCUT2D eigenvalue weighted by molar-refractivity contribution is 5.71. The molecule has 0 aliphatic carbocycles. The summed E-state index contributed by atoms with van der Waals surface area (Å²) in [7, 11) is 0. The molecule has 0 spiro atoms. The van der Waals surface area contributed by atoms with Gasteiger partial charge in [0.2, 0.25) is 0 Å². The summed E-state index contributed by atoms with van der Waals surface area (Å²) in [6.45, 7) is 9.70. The first-order valence-electron chi connectivity index (χ1n) is 6.67. The summed E-state index contributed by atoms with van der Waals surface area (Å²) in [6, 6.07) is 7.56. The lowest BCUT2D eigenvalue weighted by Gasteiger charge is -2.30. The normalized spacial score (nSPS) is 16.7. The molecule has 0 aliphatic heterocycles. The minimum Gasteiger partial charge on any atom is -0.481 e. The molecule has 1 aromatic rings. The van der Waals surface area contributed by atoms with Gasteiger partial charge < -0.3 is 10.2 Å². The third-order valence-electron chi connectivity index (χ3n) is 3.72. The van der Waals surface area contributed by atoms with Gasteiger partial charge in [0.25, 0.3) is 0 Å². The summed E-state index contributed by atoms with van der Waals surface area (Å²) >= 11 is 0. The van der Waals surface area contributed by atoms with Crippen molar-refractivity contribution in [2.45, 2.75) is 52.1 Å². The summed E-state index contributed by atoms with van der Waals surface area (Å²) in [5.41, 5.74) is 0.503. The number of aliphatic hydroxyl groups is 1. The monoisotopic (exact) mass is 264 g/mol. The zero-order valence-electron chi connectivity index (χ0n) is 12.4. The Morgan fingerprint density at radius 1 is 1.11 bits per heavy atom. The van der Waals surface area contributed by atoms with Crippen LogP contribution in [0.2, 0.25) is 0 Å². The molecule has 3 heteroatoms. The minimum absolute atomic E-state index is 0.0430. The van der Waals surface area contributed by atoms with E-state index in [-0.39, 0.29) is 5.41 Å². The minimum atomic E-state index is -1.35. The van der Waals surface area contributed by atoms with Gasteiger partial charge in [0.05, 0.1) is 5.92 Å². The van der Waals surface area contributed by atoms with Crippen molar-refractivity contribution in [1.29, 1.82) is 0 Å². The van der Waals surface area contributed by atoms with Crippen LogP contribution in [0.3, 0.4) is 0 Å². The van der Waals surface area contributed by atoms with Gasteiger partial charge in [0.15, 0.2) is 0 Å². The zero-order chi connectivity index (χ0) is 14.8. The zero-order valence-corrected chi connectivity index (χ0v) is 12.4. The molecule has 0 saturated heterocycles. The topological polar surface area (TPSA) is 57.5 Å². The quantitative estimate of drug-likeness (QED) is 0.877. The average molecular weight is 264 g/mol. The number of hydrogen-bond acceptors (Lipinski definition) is 2. The van der Waals surface area contributed by atoms with Gasteiger partial charge in [-0.25, -0.2) is 0 Å². The molecule has 0 aliphatic rings. The Bertz CT molecular complexity index is 438. The summed E-state index contributed by atoms with van der Waals surface area (Å²) in [5.74, 6) is -1.76. The number of carboxylic acids is 1. The van der Waals surface area contributed by atoms with Crippen molar-refractivity contribution in [2.24, 2.45) is 5.92 Å². The lowest BCUT2D eigenvalue weighted by Crippen LogP contribution is -2.36. The maximum Gasteiger partial charge on any atom is 0.309 e. The molecule has 2 atom stereocenters. The number of rotatable bonds is 4. The van der Waals surface area contributed by atoms with Crippen molar-refractivity contribution in [3.8, 4) is 0 Å². The largest absolute Gasteiger partial charge is 0.481 e. The molecule has 0 heterocycles. The fourth-order valence-electron chi connectivity index (χ4n) is 2.32. The fraction of sp³-hybridized carbons (Fsp3) is 0.562. The number of carboxylic acid groups (broad SMARTS) is 1. The van der Waals surface area contributed by atoms with E-state index >= 15 is 0 Å². The Morgan fingerprint density at radius 2 is 1.53 bits per heavy atom. The number of benzene rings is 1. The maximum atomic E-state index is 11.2. The van der Waals surface area contributed by atoms with Crippen LogP contribution >= 0.6 is 0 Å². The lowest BCUT2D eigenvalue weighted by molar-refractivity contribution is -0.152. The second kappa shape index (κ2) is 5.33. The van der Waals surface area contributed by atoms with Crippen molar-refractivity contribution in [3.05, 3.63) is 35.4 Å². The van der Waals surface area contributed by atoms with Crippen LogP contribution in [-0.4, -0.2) is 16.2 Å². The third kappa shape index (κ3) is 3.35. The second-order valence-electron chi connectivity index (χ2n) is 6.27. The van der Waals surface area contributed by atoms with E-state index in [0.717, 1.165) is 5.56 Å². The Labute approximate surface area is 115 Å². The average Bonchev–Trinajstić information content (AvgIpc) is 2.28. The molecule has 1 aromatic carbocycles. The van der Waals surface area contributed by atoms with Gasteiger partial charge in [-0.3, -0.25) is 4.79 Å².